The molecule has 114 valence electrons. The van der Waals surface area contributed by atoms with Gasteiger partial charge >= 0.3 is 13.1 Å². The number of carboxylic acid groups (broad SMARTS) is 1. The monoisotopic (exact) mass is 292 g/mol. The SMILES string of the molecule is CC1(C)OB(C(=Cc2c[nH]c(C(=O)O)c2)CN)OC1(C)C. The van der Waals surface area contributed by atoms with Gasteiger partial charge < -0.3 is 25.1 Å². The van der Waals surface area contributed by atoms with Gasteiger partial charge in [0.2, 0.25) is 0 Å². The standard InChI is InChI=1S/C14H21BN2O4/c1-13(2)14(3,4)21-15(20-13)10(7-16)5-9-6-11(12(18)19)17-8-9/h5-6,8,17H,7,16H2,1-4H3,(H,18,19). The van der Waals surface area contributed by atoms with Crippen molar-refractivity contribution >= 4 is 19.2 Å². The lowest BCUT2D eigenvalue weighted by atomic mass is 9.77. The number of carbonyl (C=O) groups is 1. The molecule has 0 atom stereocenters. The minimum Gasteiger partial charge on any atom is -0.477 e. The van der Waals surface area contributed by atoms with Gasteiger partial charge in [-0.1, -0.05) is 6.08 Å². The molecule has 1 aromatic rings. The number of aromatic carboxylic acids is 1. The highest BCUT2D eigenvalue weighted by atomic mass is 16.7. The van der Waals surface area contributed by atoms with Gasteiger partial charge in [0.05, 0.1) is 11.2 Å². The van der Waals surface area contributed by atoms with Crippen LogP contribution in [0.2, 0.25) is 0 Å². The molecule has 1 aromatic heterocycles. The summed E-state index contributed by atoms with van der Waals surface area (Å²) in [5.74, 6) is -1.00. The largest absolute Gasteiger partial charge is 0.491 e. The first-order valence-corrected chi connectivity index (χ1v) is 6.84. The molecule has 2 heterocycles. The Balaban J connectivity index is 2.24. The van der Waals surface area contributed by atoms with E-state index in [9.17, 15) is 4.79 Å². The molecule has 1 aliphatic heterocycles. The van der Waals surface area contributed by atoms with Crippen molar-refractivity contribution in [2.75, 3.05) is 6.54 Å². The van der Waals surface area contributed by atoms with E-state index >= 15 is 0 Å². The second-order valence-electron chi connectivity index (χ2n) is 6.16. The first-order valence-electron chi connectivity index (χ1n) is 6.84. The second-order valence-corrected chi connectivity index (χ2v) is 6.16. The maximum atomic E-state index is 10.9. The molecule has 0 radical (unpaired) electrons. The van der Waals surface area contributed by atoms with E-state index in [0.717, 1.165) is 11.0 Å². The maximum absolute atomic E-state index is 10.9. The van der Waals surface area contributed by atoms with E-state index in [-0.39, 0.29) is 12.2 Å². The number of nitrogens with two attached hydrogens (primary N) is 1. The fourth-order valence-corrected chi connectivity index (χ4v) is 2.05. The van der Waals surface area contributed by atoms with Crippen LogP contribution in [0.4, 0.5) is 0 Å². The normalized spacial score (nSPS) is 20.8. The third-order valence-corrected chi connectivity index (χ3v) is 4.08. The van der Waals surface area contributed by atoms with Crippen LogP contribution >= 0.6 is 0 Å². The van der Waals surface area contributed by atoms with Crippen molar-refractivity contribution in [3.05, 3.63) is 29.0 Å². The van der Waals surface area contributed by atoms with E-state index in [1.54, 1.807) is 18.3 Å². The highest BCUT2D eigenvalue weighted by molar-refractivity contribution is 6.55. The topological polar surface area (TPSA) is 97.6 Å². The molecular formula is C14H21BN2O4. The maximum Gasteiger partial charge on any atom is 0.491 e. The number of hydrogen-bond donors (Lipinski definition) is 3. The Morgan fingerprint density at radius 2 is 1.95 bits per heavy atom. The summed E-state index contributed by atoms with van der Waals surface area (Å²) >= 11 is 0. The van der Waals surface area contributed by atoms with Gasteiger partial charge in [-0.15, -0.1) is 0 Å². The predicted octanol–water partition coefficient (Wildman–Crippen LogP) is 1.69. The van der Waals surface area contributed by atoms with Gasteiger partial charge in [0.15, 0.2) is 0 Å². The van der Waals surface area contributed by atoms with Gasteiger partial charge in [0.25, 0.3) is 0 Å². The third kappa shape index (κ3) is 3.05. The summed E-state index contributed by atoms with van der Waals surface area (Å²) in [5.41, 5.74) is 6.54. The van der Waals surface area contributed by atoms with Crippen LogP contribution in [0.3, 0.4) is 0 Å². The zero-order valence-electron chi connectivity index (χ0n) is 12.8. The van der Waals surface area contributed by atoms with Crippen LogP contribution in [0.5, 0.6) is 0 Å². The van der Waals surface area contributed by atoms with Crippen LogP contribution in [0.15, 0.2) is 17.7 Å². The molecule has 0 aliphatic carbocycles. The molecule has 1 saturated heterocycles. The van der Waals surface area contributed by atoms with E-state index in [1.165, 1.54) is 0 Å². The average molecular weight is 292 g/mol. The van der Waals surface area contributed by atoms with E-state index < -0.39 is 24.3 Å². The smallest absolute Gasteiger partial charge is 0.477 e. The summed E-state index contributed by atoms with van der Waals surface area (Å²) in [6.07, 6.45) is 3.41. The molecule has 2 rings (SSSR count). The average Bonchev–Trinajstić information content (AvgIpc) is 2.90. The summed E-state index contributed by atoms with van der Waals surface area (Å²) in [7, 11) is -0.525. The molecular weight excluding hydrogens is 271 g/mol. The Kier molecular flexibility index (Phi) is 4.01. The minimum atomic E-state index is -1.00. The number of aromatic amines is 1. The van der Waals surface area contributed by atoms with E-state index in [4.69, 9.17) is 20.1 Å². The summed E-state index contributed by atoms with van der Waals surface area (Å²) in [6.45, 7) is 8.16. The molecule has 0 unspecified atom stereocenters. The van der Waals surface area contributed by atoms with Gasteiger partial charge in [0, 0.05) is 12.7 Å². The number of H-pyrrole nitrogens is 1. The molecule has 4 N–H and O–H groups in total. The minimum absolute atomic E-state index is 0.131. The molecule has 1 fully saturated rings. The Morgan fingerprint density at radius 1 is 1.38 bits per heavy atom. The fraction of sp³-hybridized carbons (Fsp3) is 0.500. The Hall–Kier alpha value is -1.57. The summed E-state index contributed by atoms with van der Waals surface area (Å²) in [5, 5.41) is 8.91. The Labute approximate surface area is 124 Å². The van der Waals surface area contributed by atoms with Crippen LogP contribution in [0.1, 0.15) is 43.7 Å². The van der Waals surface area contributed by atoms with Crippen LogP contribution < -0.4 is 5.73 Å². The number of hydrogen-bond acceptors (Lipinski definition) is 4. The molecule has 0 spiro atoms. The lowest BCUT2D eigenvalue weighted by Gasteiger charge is -2.32. The predicted molar refractivity (Wildman–Crippen MR) is 80.9 cm³/mol. The lowest BCUT2D eigenvalue weighted by Crippen LogP contribution is -2.41. The molecule has 7 heteroatoms. The highest BCUT2D eigenvalue weighted by Crippen LogP contribution is 2.38. The first kappa shape index (κ1) is 15.8. The highest BCUT2D eigenvalue weighted by Gasteiger charge is 2.52. The molecule has 0 saturated carbocycles. The zero-order valence-corrected chi connectivity index (χ0v) is 12.8. The Bertz CT molecular complexity index is 561. The van der Waals surface area contributed by atoms with Crippen LogP contribution in [0, 0.1) is 0 Å². The van der Waals surface area contributed by atoms with Gasteiger partial charge in [0.1, 0.15) is 5.69 Å². The second kappa shape index (κ2) is 5.33. The van der Waals surface area contributed by atoms with Crippen molar-refractivity contribution in [2.24, 2.45) is 5.73 Å². The molecule has 0 bridgehead atoms. The van der Waals surface area contributed by atoms with Crippen molar-refractivity contribution in [2.45, 2.75) is 38.9 Å². The fourth-order valence-electron chi connectivity index (χ4n) is 2.05. The van der Waals surface area contributed by atoms with Crippen molar-refractivity contribution in [1.82, 2.24) is 4.98 Å². The van der Waals surface area contributed by atoms with Crippen molar-refractivity contribution in [3.8, 4) is 0 Å². The van der Waals surface area contributed by atoms with Crippen molar-refractivity contribution in [1.29, 1.82) is 0 Å². The van der Waals surface area contributed by atoms with Crippen LogP contribution in [-0.4, -0.2) is 40.9 Å². The molecule has 0 amide bonds. The zero-order chi connectivity index (χ0) is 15.8. The van der Waals surface area contributed by atoms with E-state index in [0.29, 0.717) is 0 Å². The van der Waals surface area contributed by atoms with Crippen LogP contribution in [0.25, 0.3) is 6.08 Å². The van der Waals surface area contributed by atoms with E-state index in [2.05, 4.69) is 4.98 Å². The number of rotatable bonds is 4. The van der Waals surface area contributed by atoms with E-state index in [1.807, 2.05) is 27.7 Å². The third-order valence-electron chi connectivity index (χ3n) is 4.08. The molecule has 6 nitrogen and oxygen atoms in total. The van der Waals surface area contributed by atoms with Crippen LogP contribution in [-0.2, 0) is 9.31 Å². The molecule has 21 heavy (non-hydrogen) atoms. The quantitative estimate of drug-likeness (QED) is 0.734. The number of nitrogens with one attached hydrogen (secondary N) is 1. The lowest BCUT2D eigenvalue weighted by molar-refractivity contribution is 0.00578. The van der Waals surface area contributed by atoms with Gasteiger partial charge in [-0.05, 0) is 44.8 Å². The van der Waals surface area contributed by atoms with Gasteiger partial charge in [-0.25, -0.2) is 4.79 Å². The summed E-state index contributed by atoms with van der Waals surface area (Å²) in [6, 6.07) is 1.54. The molecule has 1 aliphatic rings. The summed E-state index contributed by atoms with van der Waals surface area (Å²) < 4.78 is 11.9. The van der Waals surface area contributed by atoms with Gasteiger partial charge in [-0.3, -0.25) is 0 Å². The summed E-state index contributed by atoms with van der Waals surface area (Å²) in [4.78, 5) is 13.6. The Morgan fingerprint density at radius 3 is 2.38 bits per heavy atom. The first-order chi connectivity index (χ1) is 9.66. The van der Waals surface area contributed by atoms with Crippen molar-refractivity contribution in [3.63, 3.8) is 0 Å². The van der Waals surface area contributed by atoms with Crippen molar-refractivity contribution < 1.29 is 19.2 Å². The number of aromatic nitrogens is 1. The number of carboxylic acids is 1. The molecule has 0 aromatic carbocycles. The van der Waals surface area contributed by atoms with Gasteiger partial charge in [-0.2, -0.15) is 0 Å².